The van der Waals surface area contributed by atoms with Crippen LogP contribution in [0.15, 0.2) is 27.6 Å². The Labute approximate surface area is 89.9 Å². The topological polar surface area (TPSA) is 28.0 Å². The van der Waals surface area contributed by atoms with Gasteiger partial charge in [-0.25, -0.2) is 9.98 Å². The van der Waals surface area contributed by atoms with Crippen molar-refractivity contribution in [3.8, 4) is 11.8 Å². The molecule has 0 aromatic heterocycles. The van der Waals surface area contributed by atoms with Crippen molar-refractivity contribution >= 4 is 12.1 Å². The molecule has 0 aromatic carbocycles. The summed E-state index contributed by atoms with van der Waals surface area (Å²) in [5.74, 6) is 8.44. The van der Waals surface area contributed by atoms with Crippen molar-refractivity contribution in [3.63, 3.8) is 0 Å². The lowest BCUT2D eigenvalue weighted by Crippen LogP contribution is -2.19. The zero-order valence-electron chi connectivity index (χ0n) is 8.82. The molecule has 0 bridgehead atoms. The molecule has 76 valence electrons. The molecule has 0 aromatic rings. The van der Waals surface area contributed by atoms with Crippen molar-refractivity contribution < 1.29 is 0 Å². The first-order valence-corrected chi connectivity index (χ1v) is 5.15. The van der Waals surface area contributed by atoms with Crippen molar-refractivity contribution in [1.29, 1.82) is 0 Å². The molecule has 0 radical (unpaired) electrons. The molecule has 1 saturated heterocycles. The van der Waals surface area contributed by atoms with Gasteiger partial charge < -0.3 is 4.90 Å². The molecular weight excluding hydrogens is 186 g/mol. The molecule has 3 nitrogen and oxygen atoms in total. The number of aliphatic imine (C=N–C) groups is 2. The summed E-state index contributed by atoms with van der Waals surface area (Å²) in [6.07, 6.45) is 6.14. The van der Waals surface area contributed by atoms with E-state index in [9.17, 15) is 0 Å². The van der Waals surface area contributed by atoms with Gasteiger partial charge in [0.1, 0.15) is 0 Å². The lowest BCUT2D eigenvalue weighted by molar-refractivity contribution is 0.449. The third-order valence-electron chi connectivity index (χ3n) is 2.41. The Morgan fingerprint density at radius 3 is 2.93 bits per heavy atom. The van der Waals surface area contributed by atoms with E-state index in [1.807, 2.05) is 6.21 Å². The summed E-state index contributed by atoms with van der Waals surface area (Å²) in [6, 6.07) is 0. The van der Waals surface area contributed by atoms with E-state index in [0.29, 0.717) is 5.70 Å². The molecular formula is C12H13N3. The van der Waals surface area contributed by atoms with Crippen LogP contribution in [0.25, 0.3) is 0 Å². The van der Waals surface area contributed by atoms with Gasteiger partial charge in [0.25, 0.3) is 0 Å². The number of nitrogens with zero attached hydrogens (tertiary/aromatic N) is 3. The Hall–Kier alpha value is -1.78. The van der Waals surface area contributed by atoms with Crippen LogP contribution in [0.5, 0.6) is 0 Å². The van der Waals surface area contributed by atoms with Gasteiger partial charge in [-0.2, -0.15) is 0 Å². The zero-order valence-corrected chi connectivity index (χ0v) is 8.82. The molecule has 2 aliphatic heterocycles. The summed E-state index contributed by atoms with van der Waals surface area (Å²) in [7, 11) is 0. The van der Waals surface area contributed by atoms with Crippen LogP contribution < -0.4 is 0 Å². The second kappa shape index (κ2) is 4.63. The van der Waals surface area contributed by atoms with Crippen LogP contribution in [0.4, 0.5) is 0 Å². The van der Waals surface area contributed by atoms with Crippen molar-refractivity contribution in [2.24, 2.45) is 9.98 Å². The van der Waals surface area contributed by atoms with E-state index >= 15 is 0 Å². The van der Waals surface area contributed by atoms with E-state index in [1.54, 1.807) is 13.1 Å². The highest BCUT2D eigenvalue weighted by Gasteiger charge is 2.13. The molecule has 0 N–H and O–H groups in total. The van der Waals surface area contributed by atoms with Gasteiger partial charge >= 0.3 is 0 Å². The number of likely N-dealkylation sites (tertiary alicyclic amines) is 1. The maximum atomic E-state index is 4.24. The van der Waals surface area contributed by atoms with E-state index in [4.69, 9.17) is 0 Å². The molecule has 3 heteroatoms. The summed E-state index contributed by atoms with van der Waals surface area (Å²) in [5, 5.41) is 0. The average Bonchev–Trinajstić information content (AvgIpc) is 2.67. The predicted molar refractivity (Wildman–Crippen MR) is 61.8 cm³/mol. The Bertz CT molecular complexity index is 420. The van der Waals surface area contributed by atoms with E-state index in [0.717, 1.165) is 18.8 Å². The highest BCUT2D eigenvalue weighted by atomic mass is 15.2. The van der Waals surface area contributed by atoms with Gasteiger partial charge in [-0.05, 0) is 25.7 Å². The first-order valence-electron chi connectivity index (χ1n) is 5.15. The lowest BCUT2D eigenvalue weighted by atomic mass is 10.4. The first-order chi connectivity index (χ1) is 7.40. The van der Waals surface area contributed by atoms with E-state index in [1.165, 1.54) is 12.8 Å². The SMILES string of the molecule is CC#CC1=C=NC=C(N2CCCC2)C=N1. The Kier molecular flexibility index (Phi) is 3.02. The first kappa shape index (κ1) is 9.76. The van der Waals surface area contributed by atoms with Crippen molar-refractivity contribution in [2.75, 3.05) is 13.1 Å². The smallest absolute Gasteiger partial charge is 0.174 e. The van der Waals surface area contributed by atoms with Crippen LogP contribution in [0.3, 0.4) is 0 Å². The number of hydrogen-bond donors (Lipinski definition) is 0. The van der Waals surface area contributed by atoms with Crippen LogP contribution in [-0.2, 0) is 0 Å². The fraction of sp³-hybridized carbons (Fsp3) is 0.417. The maximum absolute atomic E-state index is 4.24. The molecule has 2 heterocycles. The summed E-state index contributed by atoms with van der Waals surface area (Å²) >= 11 is 0. The second-order valence-corrected chi connectivity index (χ2v) is 3.47. The third-order valence-corrected chi connectivity index (χ3v) is 2.41. The average molecular weight is 199 g/mol. The van der Waals surface area contributed by atoms with Crippen LogP contribution in [-0.4, -0.2) is 30.1 Å². The zero-order chi connectivity index (χ0) is 10.5. The summed E-state index contributed by atoms with van der Waals surface area (Å²) < 4.78 is 0. The predicted octanol–water partition coefficient (Wildman–Crippen LogP) is 1.58. The molecule has 0 aliphatic carbocycles. The molecule has 0 amide bonds. The van der Waals surface area contributed by atoms with E-state index in [-0.39, 0.29) is 0 Å². The van der Waals surface area contributed by atoms with Gasteiger partial charge in [0.05, 0.1) is 18.1 Å². The minimum Gasteiger partial charge on any atom is -0.369 e. The lowest BCUT2D eigenvalue weighted by Gasteiger charge is -2.16. The van der Waals surface area contributed by atoms with Crippen molar-refractivity contribution in [2.45, 2.75) is 19.8 Å². The third kappa shape index (κ3) is 2.37. The van der Waals surface area contributed by atoms with Gasteiger partial charge in [0, 0.05) is 19.0 Å². The molecule has 0 spiro atoms. The molecule has 1 fully saturated rings. The minimum absolute atomic E-state index is 0.600. The normalized spacial score (nSPS) is 19.1. The van der Waals surface area contributed by atoms with Crippen LogP contribution in [0.1, 0.15) is 19.8 Å². The van der Waals surface area contributed by atoms with Gasteiger partial charge in [-0.3, -0.25) is 0 Å². The second-order valence-electron chi connectivity index (χ2n) is 3.47. The van der Waals surface area contributed by atoms with Crippen LogP contribution in [0.2, 0.25) is 0 Å². The molecule has 2 rings (SSSR count). The van der Waals surface area contributed by atoms with Gasteiger partial charge in [-0.15, -0.1) is 0 Å². The standard InChI is InChI=1S/C12H13N3/c1-2-5-11-8-13-9-12(10-14-11)15-6-3-4-7-15/h9-10H,3-4,6-7H2,1H3. The maximum Gasteiger partial charge on any atom is 0.174 e. The van der Waals surface area contributed by atoms with Gasteiger partial charge in [-0.1, -0.05) is 5.92 Å². The van der Waals surface area contributed by atoms with Crippen molar-refractivity contribution in [1.82, 2.24) is 4.90 Å². The quantitative estimate of drug-likeness (QED) is 0.589. The number of rotatable bonds is 1. The molecule has 2 aliphatic rings. The Balaban J connectivity index is 2.14. The summed E-state index contributed by atoms with van der Waals surface area (Å²) in [6.45, 7) is 3.98. The van der Waals surface area contributed by atoms with Gasteiger partial charge in [0.15, 0.2) is 5.70 Å². The molecule has 0 unspecified atom stereocenters. The summed E-state index contributed by atoms with van der Waals surface area (Å²) in [4.78, 5) is 10.6. The Morgan fingerprint density at radius 2 is 2.20 bits per heavy atom. The highest BCUT2D eigenvalue weighted by Crippen LogP contribution is 2.14. The Morgan fingerprint density at radius 1 is 1.40 bits per heavy atom. The fourth-order valence-corrected chi connectivity index (χ4v) is 1.67. The van der Waals surface area contributed by atoms with Crippen molar-refractivity contribution in [3.05, 3.63) is 17.6 Å². The van der Waals surface area contributed by atoms with E-state index in [2.05, 4.69) is 32.6 Å². The van der Waals surface area contributed by atoms with Gasteiger partial charge in [0.2, 0.25) is 0 Å². The largest absolute Gasteiger partial charge is 0.369 e. The number of allylic oxidation sites excluding steroid dienone is 2. The number of hydrogen-bond acceptors (Lipinski definition) is 3. The van der Waals surface area contributed by atoms with Crippen LogP contribution >= 0.6 is 0 Å². The fourth-order valence-electron chi connectivity index (χ4n) is 1.67. The van der Waals surface area contributed by atoms with Crippen LogP contribution in [0, 0.1) is 11.8 Å². The molecule has 0 atom stereocenters. The monoisotopic (exact) mass is 199 g/mol. The highest BCUT2D eigenvalue weighted by molar-refractivity contribution is 5.83. The summed E-state index contributed by atoms with van der Waals surface area (Å²) in [5.41, 5.74) is 1.66. The molecule has 0 saturated carbocycles. The minimum atomic E-state index is 0.600. The van der Waals surface area contributed by atoms with E-state index < -0.39 is 0 Å². The molecule has 15 heavy (non-hydrogen) atoms.